The molecule has 0 atom stereocenters. The quantitative estimate of drug-likeness (QED) is 0.161. The Kier molecular flexibility index (Phi) is 9.50. The largest absolute Gasteiger partial charge is 0.435 e. The maximum absolute atomic E-state index is 7.38. The summed E-state index contributed by atoms with van der Waals surface area (Å²) in [7, 11) is 0. The molecule has 0 amide bonds. The fourth-order valence-corrected chi connectivity index (χ4v) is 16.2. The predicted molar refractivity (Wildman–Crippen MR) is 349 cm³/mol. The first-order chi connectivity index (χ1) is 42.2. The molecule has 0 saturated carbocycles. The van der Waals surface area contributed by atoms with E-state index < -0.39 is 10.8 Å². The summed E-state index contributed by atoms with van der Waals surface area (Å²) in [6.45, 7) is 0. The van der Waals surface area contributed by atoms with E-state index in [1.54, 1.807) is 0 Å². The second kappa shape index (κ2) is 17.3. The molecule has 2 nitrogen and oxygen atoms in total. The minimum Gasteiger partial charge on any atom is -0.435 e. The standard InChI is InChI=1S/C83H49NO/c1-2-20-50(21-3-1)77-65-28-4-6-30-67(65)78(68-31-7-5-29-66(68)77)51-38-40-52(41-39-51)81-84-79-55(53-42-44-63-61-26-12-18-36-73(61)82(75(63)48-53)69-32-14-8-22-57(69)58-23-9-15-33-70(58)82)46-47-56(80(79)85-81)54-43-45-64-62-27-13-19-37-74(62)83(76(64)49-54)71-34-16-10-24-59(71)60-25-11-17-35-72(60)83/h1-49H. The van der Waals surface area contributed by atoms with Crippen LogP contribution in [0, 0.1) is 0 Å². The zero-order valence-corrected chi connectivity index (χ0v) is 46.1. The average Bonchev–Trinajstić information content (AvgIpc) is 2.28. The van der Waals surface area contributed by atoms with Crippen molar-refractivity contribution in [3.05, 3.63) is 342 Å². The van der Waals surface area contributed by atoms with Crippen molar-refractivity contribution in [3.8, 4) is 100 Å². The Morgan fingerprint density at radius 2 is 0.518 bits per heavy atom. The van der Waals surface area contributed by atoms with Gasteiger partial charge in [-0.1, -0.05) is 267 Å². The van der Waals surface area contributed by atoms with Gasteiger partial charge in [0.1, 0.15) is 5.52 Å². The van der Waals surface area contributed by atoms with Gasteiger partial charge in [-0.05, 0) is 174 Å². The molecule has 0 radical (unpaired) electrons. The van der Waals surface area contributed by atoms with Crippen LogP contribution in [0.2, 0.25) is 0 Å². The first kappa shape index (κ1) is 46.7. The summed E-state index contributed by atoms with van der Waals surface area (Å²) < 4.78 is 7.38. The van der Waals surface area contributed by atoms with Gasteiger partial charge in [0, 0.05) is 16.7 Å². The van der Waals surface area contributed by atoms with Gasteiger partial charge in [-0.25, -0.2) is 4.98 Å². The molecule has 0 saturated heterocycles. The van der Waals surface area contributed by atoms with Gasteiger partial charge < -0.3 is 4.42 Å². The summed E-state index contributed by atoms with van der Waals surface area (Å²) in [4.78, 5) is 5.66. The summed E-state index contributed by atoms with van der Waals surface area (Å²) in [5, 5.41) is 4.90. The SMILES string of the molecule is c1ccc(-c2c3ccccc3c(-c3ccc(-c4nc5c(-c6ccc7c(c6)C6(c8ccccc8-c8ccccc86)c6ccccc6-7)ccc(-c6ccc7c(c6)C6(c8ccccc8-c8ccccc86)c6ccccc6-7)c5o4)cc3)c3ccccc23)cc1. The maximum atomic E-state index is 7.38. The van der Waals surface area contributed by atoms with Crippen LogP contribution < -0.4 is 0 Å². The monoisotopic (exact) mass is 1080 g/mol. The van der Waals surface area contributed by atoms with Crippen LogP contribution in [0.15, 0.2) is 302 Å². The molecule has 2 spiro atoms. The molecule has 0 fully saturated rings. The third kappa shape index (κ3) is 6.10. The van der Waals surface area contributed by atoms with E-state index in [4.69, 9.17) is 9.40 Å². The molecule has 392 valence electrons. The Morgan fingerprint density at radius 3 is 0.929 bits per heavy atom. The Bertz CT molecular complexity index is 4950. The topological polar surface area (TPSA) is 26.0 Å². The molecule has 0 aliphatic heterocycles. The van der Waals surface area contributed by atoms with E-state index in [9.17, 15) is 0 Å². The number of oxazole rings is 1. The van der Waals surface area contributed by atoms with Crippen LogP contribution in [0.5, 0.6) is 0 Å². The number of nitrogens with zero attached hydrogens (tertiary/aromatic N) is 1. The van der Waals surface area contributed by atoms with Crippen LogP contribution in [0.25, 0.3) is 133 Å². The highest BCUT2D eigenvalue weighted by Gasteiger charge is 2.53. The van der Waals surface area contributed by atoms with Gasteiger partial charge in [-0.15, -0.1) is 0 Å². The van der Waals surface area contributed by atoms with E-state index in [-0.39, 0.29) is 0 Å². The fourth-order valence-electron chi connectivity index (χ4n) is 16.2. The van der Waals surface area contributed by atoms with Gasteiger partial charge in [0.05, 0.1) is 10.8 Å². The zero-order valence-electron chi connectivity index (χ0n) is 46.1. The fraction of sp³-hybridized carbons (Fsp3) is 0.0241. The minimum atomic E-state index is -0.490. The summed E-state index contributed by atoms with van der Waals surface area (Å²) in [5.41, 5.74) is 31.3. The van der Waals surface area contributed by atoms with E-state index in [1.807, 2.05) is 0 Å². The smallest absolute Gasteiger partial charge is 0.227 e. The van der Waals surface area contributed by atoms with Crippen LogP contribution in [-0.2, 0) is 10.8 Å². The Balaban J connectivity index is 0.823. The lowest BCUT2D eigenvalue weighted by molar-refractivity contribution is 0.621. The first-order valence-electron chi connectivity index (χ1n) is 29.6. The third-order valence-corrected chi connectivity index (χ3v) is 19.6. The molecule has 1 heterocycles. The van der Waals surface area contributed by atoms with Crippen molar-refractivity contribution in [2.45, 2.75) is 10.8 Å². The van der Waals surface area contributed by atoms with Gasteiger partial charge in [-0.2, -0.15) is 0 Å². The molecule has 15 aromatic rings. The molecular weight excluding hydrogens is 1030 g/mol. The number of rotatable bonds is 5. The molecule has 2 heteroatoms. The second-order valence-electron chi connectivity index (χ2n) is 23.4. The van der Waals surface area contributed by atoms with Crippen LogP contribution in [0.4, 0.5) is 0 Å². The molecule has 4 aliphatic rings. The summed E-state index contributed by atoms with van der Waals surface area (Å²) >= 11 is 0. The van der Waals surface area contributed by atoms with Crippen molar-refractivity contribution in [2.75, 3.05) is 0 Å². The van der Waals surface area contributed by atoms with Crippen molar-refractivity contribution in [1.82, 2.24) is 4.98 Å². The van der Waals surface area contributed by atoms with Crippen molar-refractivity contribution in [1.29, 1.82) is 0 Å². The molecule has 85 heavy (non-hydrogen) atoms. The van der Waals surface area contributed by atoms with Crippen molar-refractivity contribution in [3.63, 3.8) is 0 Å². The molecule has 0 N–H and O–H groups in total. The highest BCUT2D eigenvalue weighted by molar-refractivity contribution is 6.21. The lowest BCUT2D eigenvalue weighted by atomic mass is 9.70. The van der Waals surface area contributed by atoms with E-state index >= 15 is 0 Å². The van der Waals surface area contributed by atoms with Gasteiger partial charge in [0.2, 0.25) is 5.89 Å². The van der Waals surface area contributed by atoms with Crippen LogP contribution in [0.1, 0.15) is 44.5 Å². The third-order valence-electron chi connectivity index (χ3n) is 19.6. The lowest BCUT2D eigenvalue weighted by Gasteiger charge is -2.30. The van der Waals surface area contributed by atoms with Gasteiger partial charge >= 0.3 is 0 Å². The van der Waals surface area contributed by atoms with Crippen LogP contribution >= 0.6 is 0 Å². The molecule has 1 aromatic heterocycles. The number of hydrogen-bond acceptors (Lipinski definition) is 2. The summed E-state index contributed by atoms with van der Waals surface area (Å²) in [6.07, 6.45) is 0. The predicted octanol–water partition coefficient (Wildman–Crippen LogP) is 21.2. The van der Waals surface area contributed by atoms with Crippen molar-refractivity contribution in [2.24, 2.45) is 0 Å². The Morgan fingerprint density at radius 1 is 0.224 bits per heavy atom. The van der Waals surface area contributed by atoms with E-state index in [1.165, 1.54) is 127 Å². The molecular formula is C83H49NO. The molecule has 0 bridgehead atoms. The second-order valence-corrected chi connectivity index (χ2v) is 23.4. The molecule has 14 aromatic carbocycles. The first-order valence-corrected chi connectivity index (χ1v) is 29.6. The van der Waals surface area contributed by atoms with Gasteiger partial charge in [-0.3, -0.25) is 0 Å². The zero-order chi connectivity index (χ0) is 55.5. The number of hydrogen-bond donors (Lipinski definition) is 0. The van der Waals surface area contributed by atoms with E-state index in [0.29, 0.717) is 5.89 Å². The van der Waals surface area contributed by atoms with E-state index in [2.05, 4.69) is 297 Å². The number of fused-ring (bicyclic) bond motifs is 23. The maximum Gasteiger partial charge on any atom is 0.227 e. The average molecular weight is 1080 g/mol. The number of aromatic nitrogens is 1. The van der Waals surface area contributed by atoms with Crippen LogP contribution in [-0.4, -0.2) is 4.98 Å². The van der Waals surface area contributed by atoms with Crippen molar-refractivity contribution < 1.29 is 4.42 Å². The summed E-state index contributed by atoms with van der Waals surface area (Å²) in [5.74, 6) is 0.580. The van der Waals surface area contributed by atoms with Crippen LogP contribution in [0.3, 0.4) is 0 Å². The molecule has 4 aliphatic carbocycles. The minimum absolute atomic E-state index is 0.487. The number of benzene rings is 14. The van der Waals surface area contributed by atoms with E-state index in [0.717, 1.165) is 44.5 Å². The Labute approximate surface area is 492 Å². The van der Waals surface area contributed by atoms with Crippen molar-refractivity contribution >= 4 is 32.6 Å². The highest BCUT2D eigenvalue weighted by Crippen LogP contribution is 2.65. The lowest BCUT2D eigenvalue weighted by Crippen LogP contribution is -2.25. The van der Waals surface area contributed by atoms with Gasteiger partial charge in [0.15, 0.2) is 5.58 Å². The highest BCUT2D eigenvalue weighted by atomic mass is 16.3. The van der Waals surface area contributed by atoms with Gasteiger partial charge in [0.25, 0.3) is 0 Å². The molecule has 19 rings (SSSR count). The Hall–Kier alpha value is -10.9. The molecule has 0 unspecified atom stereocenters. The normalized spacial score (nSPS) is 13.8. The summed E-state index contributed by atoms with van der Waals surface area (Å²) in [6, 6.07) is 111.